The van der Waals surface area contributed by atoms with E-state index in [1.165, 1.54) is 6.07 Å². The first-order chi connectivity index (χ1) is 17.3. The van der Waals surface area contributed by atoms with Crippen molar-refractivity contribution < 1.29 is 17.9 Å². The van der Waals surface area contributed by atoms with Gasteiger partial charge >= 0.3 is 0 Å². The van der Waals surface area contributed by atoms with E-state index in [1.54, 1.807) is 13.1 Å². The summed E-state index contributed by atoms with van der Waals surface area (Å²) in [5.74, 6) is 0.749. The quantitative estimate of drug-likeness (QED) is 0.225. The average molecular weight is 553 g/mol. The van der Waals surface area contributed by atoms with E-state index >= 15 is 0 Å². The molecule has 10 heteroatoms. The smallest absolute Gasteiger partial charge is 0.240 e. The van der Waals surface area contributed by atoms with Crippen LogP contribution >= 0.6 is 23.2 Å². The number of benzene rings is 2. The summed E-state index contributed by atoms with van der Waals surface area (Å²) in [6.45, 7) is 2.28. The van der Waals surface area contributed by atoms with Crippen LogP contribution in [0.2, 0.25) is 0 Å². The van der Waals surface area contributed by atoms with Gasteiger partial charge in [-0.05, 0) is 54.7 Å². The van der Waals surface area contributed by atoms with Crippen LogP contribution in [0.15, 0.2) is 47.4 Å². The van der Waals surface area contributed by atoms with E-state index in [0.29, 0.717) is 36.1 Å². The summed E-state index contributed by atoms with van der Waals surface area (Å²) in [5, 5.41) is 3.52. The molecule has 3 aromatic rings. The van der Waals surface area contributed by atoms with Crippen molar-refractivity contribution in [3.05, 3.63) is 64.8 Å². The normalized spacial score (nSPS) is 11.6. The Hall–Kier alpha value is -2.39. The number of aryl methyl sites for hydroxylation is 1. The van der Waals surface area contributed by atoms with Crippen LogP contribution in [0.3, 0.4) is 0 Å². The predicted octanol–water partition coefficient (Wildman–Crippen LogP) is 5.18. The Balaban J connectivity index is 1.79. The van der Waals surface area contributed by atoms with Crippen molar-refractivity contribution in [2.24, 2.45) is 0 Å². The molecule has 1 heterocycles. The fraction of sp³-hybridized carbons (Fsp3) is 0.385. The maximum Gasteiger partial charge on any atom is 0.240 e. The van der Waals surface area contributed by atoms with Crippen molar-refractivity contribution in [2.75, 3.05) is 13.6 Å². The Morgan fingerprint density at radius 3 is 2.53 bits per heavy atom. The van der Waals surface area contributed by atoms with Gasteiger partial charge in [0, 0.05) is 42.9 Å². The monoisotopic (exact) mass is 551 g/mol. The molecule has 194 valence electrons. The highest BCUT2D eigenvalue weighted by Crippen LogP contribution is 2.30. The molecule has 0 fully saturated rings. The number of amides is 1. The zero-order valence-corrected chi connectivity index (χ0v) is 22.8. The Morgan fingerprint density at radius 1 is 1.00 bits per heavy atom. The second-order valence-electron chi connectivity index (χ2n) is 8.40. The van der Waals surface area contributed by atoms with Crippen molar-refractivity contribution in [3.63, 3.8) is 0 Å². The highest BCUT2D eigenvalue weighted by molar-refractivity contribution is 7.89. The lowest BCUT2D eigenvalue weighted by atomic mass is 10.0. The van der Waals surface area contributed by atoms with E-state index in [2.05, 4.69) is 15.0 Å². The number of para-hydroxylation sites is 1. The number of aromatic nitrogens is 1. The number of ether oxygens (including phenoxy) is 1. The SMILES string of the molecule is CNC(=O)CCCCCNS(=O)(=O)c1ccc(CCl)c(COc2cccc3ccc(C)nc23)c1CCl. The minimum atomic E-state index is -3.81. The number of rotatable bonds is 13. The number of hydrogen-bond donors (Lipinski definition) is 2. The van der Waals surface area contributed by atoms with Gasteiger partial charge in [0.05, 0.1) is 4.90 Å². The van der Waals surface area contributed by atoms with Gasteiger partial charge in [0.25, 0.3) is 0 Å². The van der Waals surface area contributed by atoms with Crippen LogP contribution in [0.5, 0.6) is 5.75 Å². The molecule has 0 aliphatic carbocycles. The summed E-state index contributed by atoms with van der Waals surface area (Å²) < 4.78 is 35.0. The molecule has 0 atom stereocenters. The minimum Gasteiger partial charge on any atom is -0.487 e. The van der Waals surface area contributed by atoms with Gasteiger partial charge in [-0.2, -0.15) is 0 Å². The van der Waals surface area contributed by atoms with E-state index in [0.717, 1.165) is 28.6 Å². The molecular formula is C26H31Cl2N3O4S. The number of unbranched alkanes of at least 4 members (excludes halogenated alkanes) is 2. The lowest BCUT2D eigenvalue weighted by Gasteiger charge is -2.18. The van der Waals surface area contributed by atoms with Crippen LogP contribution in [-0.2, 0) is 33.2 Å². The van der Waals surface area contributed by atoms with E-state index in [4.69, 9.17) is 27.9 Å². The summed E-state index contributed by atoms with van der Waals surface area (Å²) in [6.07, 6.45) is 2.48. The van der Waals surface area contributed by atoms with Crippen molar-refractivity contribution in [1.29, 1.82) is 0 Å². The van der Waals surface area contributed by atoms with E-state index in [9.17, 15) is 13.2 Å². The Morgan fingerprint density at radius 2 is 1.81 bits per heavy atom. The lowest BCUT2D eigenvalue weighted by molar-refractivity contribution is -0.120. The molecule has 36 heavy (non-hydrogen) atoms. The van der Waals surface area contributed by atoms with Crippen LogP contribution < -0.4 is 14.8 Å². The third-order valence-electron chi connectivity index (χ3n) is 5.90. The number of carbonyl (C=O) groups excluding carboxylic acids is 1. The van der Waals surface area contributed by atoms with E-state index < -0.39 is 10.0 Å². The zero-order chi connectivity index (χ0) is 26.1. The van der Waals surface area contributed by atoms with Gasteiger partial charge < -0.3 is 10.1 Å². The molecular weight excluding hydrogens is 521 g/mol. The first kappa shape index (κ1) is 28.2. The van der Waals surface area contributed by atoms with E-state index in [1.807, 2.05) is 37.3 Å². The summed E-state index contributed by atoms with van der Waals surface area (Å²) >= 11 is 12.5. The number of fused-ring (bicyclic) bond motifs is 1. The second-order valence-corrected chi connectivity index (χ2v) is 10.7. The maximum atomic E-state index is 13.1. The van der Waals surface area contributed by atoms with Crippen molar-refractivity contribution in [2.45, 2.75) is 55.9 Å². The minimum absolute atomic E-state index is 0.0152. The van der Waals surface area contributed by atoms with Crippen molar-refractivity contribution in [1.82, 2.24) is 15.0 Å². The Bertz CT molecular complexity index is 1320. The molecule has 7 nitrogen and oxygen atoms in total. The molecule has 0 unspecified atom stereocenters. The summed E-state index contributed by atoms with van der Waals surface area (Å²) in [4.78, 5) is 16.0. The van der Waals surface area contributed by atoms with Gasteiger partial charge in [-0.15, -0.1) is 23.2 Å². The molecule has 3 rings (SSSR count). The highest BCUT2D eigenvalue weighted by atomic mass is 35.5. The lowest BCUT2D eigenvalue weighted by Crippen LogP contribution is -2.26. The van der Waals surface area contributed by atoms with Gasteiger partial charge in [-0.25, -0.2) is 18.1 Å². The number of pyridine rings is 1. The molecule has 0 saturated heterocycles. The van der Waals surface area contributed by atoms with Crippen LogP contribution in [0.1, 0.15) is 48.1 Å². The third kappa shape index (κ3) is 7.09. The Kier molecular flexibility index (Phi) is 10.4. The third-order valence-corrected chi connectivity index (χ3v) is 8.00. The number of hydrogen-bond acceptors (Lipinski definition) is 5. The molecule has 0 radical (unpaired) electrons. The molecule has 0 saturated carbocycles. The Labute approximate surface area is 222 Å². The number of nitrogens with zero attached hydrogens (tertiary/aromatic N) is 1. The first-order valence-corrected chi connectivity index (χ1v) is 14.3. The topological polar surface area (TPSA) is 97.4 Å². The number of sulfonamides is 1. The van der Waals surface area contributed by atoms with Crippen molar-refractivity contribution >= 4 is 50.0 Å². The molecule has 0 aliphatic heterocycles. The largest absolute Gasteiger partial charge is 0.487 e. The second kappa shape index (κ2) is 13.2. The standard InChI is InChI=1S/C26H31Cl2N3O4S/c1-18-10-11-19-7-6-8-23(26(19)31-18)35-17-22-20(15-27)12-13-24(21(22)16-28)36(33,34)30-14-5-3-4-9-25(32)29-2/h6-8,10-13,30H,3-5,9,14-17H2,1-2H3,(H,29,32). The molecule has 0 spiro atoms. The van der Waals surface area contributed by atoms with Crippen LogP contribution in [0.4, 0.5) is 0 Å². The number of alkyl halides is 2. The van der Waals surface area contributed by atoms with Gasteiger partial charge in [-0.3, -0.25) is 4.79 Å². The van der Waals surface area contributed by atoms with Gasteiger partial charge in [0.1, 0.15) is 17.9 Å². The fourth-order valence-electron chi connectivity index (χ4n) is 3.90. The average Bonchev–Trinajstić information content (AvgIpc) is 2.88. The zero-order valence-electron chi connectivity index (χ0n) is 20.4. The maximum absolute atomic E-state index is 13.1. The molecule has 1 amide bonds. The van der Waals surface area contributed by atoms with Crippen LogP contribution in [0.25, 0.3) is 10.9 Å². The summed E-state index contributed by atoms with van der Waals surface area (Å²) in [6, 6.07) is 12.8. The van der Waals surface area contributed by atoms with Gasteiger partial charge in [-0.1, -0.05) is 30.7 Å². The van der Waals surface area contributed by atoms with Gasteiger partial charge in [0.2, 0.25) is 15.9 Å². The molecule has 0 bridgehead atoms. The number of halogens is 2. The fourth-order valence-corrected chi connectivity index (χ4v) is 5.87. The molecule has 2 aromatic carbocycles. The summed E-state index contributed by atoms with van der Waals surface area (Å²) in [7, 11) is -2.21. The number of nitrogens with one attached hydrogen (secondary N) is 2. The summed E-state index contributed by atoms with van der Waals surface area (Å²) in [5.41, 5.74) is 3.47. The molecule has 2 N–H and O–H groups in total. The van der Waals surface area contributed by atoms with E-state index in [-0.39, 0.29) is 35.7 Å². The molecule has 0 aliphatic rings. The molecule has 1 aromatic heterocycles. The van der Waals surface area contributed by atoms with Crippen LogP contribution in [0, 0.1) is 6.92 Å². The predicted molar refractivity (Wildman–Crippen MR) is 144 cm³/mol. The first-order valence-electron chi connectivity index (χ1n) is 11.8. The number of carbonyl (C=O) groups is 1. The van der Waals surface area contributed by atoms with Crippen LogP contribution in [-0.4, -0.2) is 32.9 Å². The van der Waals surface area contributed by atoms with Gasteiger partial charge in [0.15, 0.2) is 0 Å². The van der Waals surface area contributed by atoms with Crippen molar-refractivity contribution in [3.8, 4) is 5.75 Å². The highest BCUT2D eigenvalue weighted by Gasteiger charge is 2.22.